The van der Waals surface area contributed by atoms with E-state index in [1.165, 1.54) is 6.07 Å². The molecular weight excluding hydrogens is 278 g/mol. The molecule has 1 heterocycles. The molecule has 0 aliphatic carbocycles. The monoisotopic (exact) mass is 289 g/mol. The maximum atomic E-state index is 13.5. The predicted octanol–water partition coefficient (Wildman–Crippen LogP) is 2.98. The minimum Gasteiger partial charge on any atom is -0.379 e. The van der Waals surface area contributed by atoms with Crippen LogP contribution in [0.15, 0.2) is 48.7 Å². The quantitative estimate of drug-likeness (QED) is 0.718. The Labute approximate surface area is 120 Å². The number of hydrogen-bond acceptors (Lipinski definition) is 1. The standard InChI is InChI=1S/C13H11FN.Y/c1-10-6-5-9-13(15(10)2)11-7-3-4-8-12(11)14;/h3-8H,1H2,2H3;/q-1;. The van der Waals surface area contributed by atoms with Gasteiger partial charge in [0.2, 0.25) is 0 Å². The van der Waals surface area contributed by atoms with Gasteiger partial charge in [0.25, 0.3) is 0 Å². The van der Waals surface area contributed by atoms with Crippen molar-refractivity contribution in [3.05, 3.63) is 66.2 Å². The van der Waals surface area contributed by atoms with E-state index in [1.807, 2.05) is 24.1 Å². The van der Waals surface area contributed by atoms with Crippen molar-refractivity contribution in [2.75, 3.05) is 7.05 Å². The van der Waals surface area contributed by atoms with E-state index in [4.69, 9.17) is 0 Å². The van der Waals surface area contributed by atoms with Gasteiger partial charge in [0.1, 0.15) is 0 Å². The van der Waals surface area contributed by atoms with E-state index in [1.54, 1.807) is 18.2 Å². The molecule has 79 valence electrons. The average molecular weight is 289 g/mol. The number of allylic oxidation sites excluding steroid dienone is 3. The smallest absolute Gasteiger partial charge is 0.0781 e. The fourth-order valence-corrected chi connectivity index (χ4v) is 1.48. The van der Waals surface area contributed by atoms with E-state index in [0.717, 1.165) is 5.70 Å². The van der Waals surface area contributed by atoms with Crippen molar-refractivity contribution >= 4 is 5.70 Å². The second kappa shape index (κ2) is 5.56. The summed E-state index contributed by atoms with van der Waals surface area (Å²) in [5.41, 5.74) is 2.08. The van der Waals surface area contributed by atoms with Gasteiger partial charge in [-0.15, -0.1) is 12.1 Å². The first-order valence-electron chi connectivity index (χ1n) is 4.67. The van der Waals surface area contributed by atoms with E-state index < -0.39 is 0 Å². The van der Waals surface area contributed by atoms with Gasteiger partial charge in [0.15, 0.2) is 0 Å². The first-order chi connectivity index (χ1) is 7.20. The summed E-state index contributed by atoms with van der Waals surface area (Å²) in [4.78, 5) is 1.82. The SMILES string of the molecule is C=C1C=C[C-]=C(c2ccccc2F)N1C.[Y]. The Morgan fingerprint density at radius 2 is 2.00 bits per heavy atom. The maximum absolute atomic E-state index is 13.5. The predicted molar refractivity (Wildman–Crippen MR) is 59.1 cm³/mol. The molecule has 1 aromatic rings. The molecule has 2 rings (SSSR count). The first kappa shape index (κ1) is 13.3. The molecule has 3 heteroatoms. The minimum absolute atomic E-state index is 0. The van der Waals surface area contributed by atoms with Crippen LogP contribution in [0.25, 0.3) is 5.70 Å². The molecule has 0 saturated carbocycles. The molecule has 1 aliphatic heterocycles. The average Bonchev–Trinajstić information content (AvgIpc) is 2.23. The zero-order chi connectivity index (χ0) is 10.8. The van der Waals surface area contributed by atoms with Gasteiger partial charge in [-0.3, -0.25) is 0 Å². The van der Waals surface area contributed by atoms with Crippen LogP contribution >= 0.6 is 0 Å². The van der Waals surface area contributed by atoms with Gasteiger partial charge in [-0.05, 0) is 11.8 Å². The summed E-state index contributed by atoms with van der Waals surface area (Å²) >= 11 is 0. The van der Waals surface area contributed by atoms with Crippen LogP contribution in [0.4, 0.5) is 4.39 Å². The number of nitrogens with zero attached hydrogens (tertiary/aromatic N) is 1. The number of hydrogen-bond donors (Lipinski definition) is 0. The molecule has 0 aromatic heterocycles. The van der Waals surface area contributed by atoms with Crippen molar-refractivity contribution in [3.8, 4) is 0 Å². The van der Waals surface area contributed by atoms with E-state index in [0.29, 0.717) is 11.3 Å². The molecule has 0 unspecified atom stereocenters. The zero-order valence-electron chi connectivity index (χ0n) is 9.07. The Morgan fingerprint density at radius 1 is 1.31 bits per heavy atom. The molecule has 1 radical (unpaired) electrons. The summed E-state index contributed by atoms with van der Waals surface area (Å²) < 4.78 is 13.5. The minimum atomic E-state index is -0.241. The molecule has 0 bridgehead atoms. The molecule has 0 N–H and O–H groups in total. The first-order valence-corrected chi connectivity index (χ1v) is 4.67. The molecular formula is C13H11FNY-. The Balaban J connectivity index is 0.00000128. The zero-order valence-corrected chi connectivity index (χ0v) is 11.9. The van der Waals surface area contributed by atoms with E-state index >= 15 is 0 Å². The Bertz CT molecular complexity index is 463. The van der Waals surface area contributed by atoms with Crippen molar-refractivity contribution in [2.45, 2.75) is 0 Å². The van der Waals surface area contributed by atoms with Crippen LogP contribution < -0.4 is 0 Å². The van der Waals surface area contributed by atoms with Crippen LogP contribution in [0, 0.1) is 11.9 Å². The van der Waals surface area contributed by atoms with Crippen LogP contribution in [-0.4, -0.2) is 11.9 Å². The summed E-state index contributed by atoms with van der Waals surface area (Å²) in [5, 5.41) is 0. The van der Waals surface area contributed by atoms with Crippen molar-refractivity contribution < 1.29 is 37.1 Å². The van der Waals surface area contributed by atoms with Crippen LogP contribution in [0.1, 0.15) is 5.56 Å². The van der Waals surface area contributed by atoms with Crippen molar-refractivity contribution in [3.63, 3.8) is 0 Å². The van der Waals surface area contributed by atoms with Crippen LogP contribution in [0.3, 0.4) is 0 Å². The topological polar surface area (TPSA) is 3.24 Å². The number of rotatable bonds is 1. The molecule has 0 spiro atoms. The van der Waals surface area contributed by atoms with Gasteiger partial charge in [-0.2, -0.15) is 12.2 Å². The summed E-state index contributed by atoms with van der Waals surface area (Å²) in [7, 11) is 1.85. The fourth-order valence-electron chi connectivity index (χ4n) is 1.48. The second-order valence-corrected chi connectivity index (χ2v) is 3.36. The van der Waals surface area contributed by atoms with E-state index in [9.17, 15) is 4.39 Å². The number of benzene rings is 1. The van der Waals surface area contributed by atoms with E-state index in [-0.39, 0.29) is 38.5 Å². The number of halogens is 1. The summed E-state index contributed by atoms with van der Waals surface area (Å²) in [6, 6.07) is 6.66. The third-order valence-corrected chi connectivity index (χ3v) is 2.39. The summed E-state index contributed by atoms with van der Waals surface area (Å²) in [5.74, 6) is -0.241. The molecule has 0 fully saturated rings. The largest absolute Gasteiger partial charge is 0.379 e. The molecule has 16 heavy (non-hydrogen) atoms. The van der Waals surface area contributed by atoms with Crippen molar-refractivity contribution in [1.29, 1.82) is 0 Å². The Kier molecular flexibility index (Phi) is 4.63. The van der Waals surface area contributed by atoms with E-state index in [2.05, 4.69) is 12.7 Å². The molecule has 1 aliphatic rings. The third kappa shape index (κ3) is 2.50. The normalized spacial score (nSPS) is 14.5. The molecule has 0 amide bonds. The van der Waals surface area contributed by atoms with Gasteiger partial charge in [-0.1, -0.05) is 30.0 Å². The van der Waals surface area contributed by atoms with Crippen molar-refractivity contribution in [2.24, 2.45) is 0 Å². The van der Waals surface area contributed by atoms with Gasteiger partial charge >= 0.3 is 0 Å². The summed E-state index contributed by atoms with van der Waals surface area (Å²) in [6.07, 6.45) is 6.61. The molecule has 0 saturated heterocycles. The van der Waals surface area contributed by atoms with Crippen LogP contribution in [0.2, 0.25) is 0 Å². The van der Waals surface area contributed by atoms with Gasteiger partial charge < -0.3 is 4.90 Å². The maximum Gasteiger partial charge on any atom is 0.0781 e. The fraction of sp³-hybridized carbons (Fsp3) is 0.0769. The van der Waals surface area contributed by atoms with Gasteiger partial charge in [0.05, 0.1) is 5.82 Å². The Morgan fingerprint density at radius 3 is 2.69 bits per heavy atom. The second-order valence-electron chi connectivity index (χ2n) is 3.36. The van der Waals surface area contributed by atoms with Crippen LogP contribution in [0.5, 0.6) is 0 Å². The molecule has 1 nitrogen and oxygen atoms in total. The Hall–Kier alpha value is -0.726. The third-order valence-electron chi connectivity index (χ3n) is 2.39. The van der Waals surface area contributed by atoms with Gasteiger partial charge in [0, 0.05) is 39.8 Å². The van der Waals surface area contributed by atoms with Gasteiger partial charge in [-0.25, -0.2) is 4.39 Å². The summed E-state index contributed by atoms with van der Waals surface area (Å²) in [6.45, 7) is 3.86. The van der Waals surface area contributed by atoms with Crippen molar-refractivity contribution in [1.82, 2.24) is 4.90 Å². The molecule has 1 aromatic carbocycles. The molecule has 0 atom stereocenters. The number of likely N-dealkylation sites (N-methyl/N-ethyl adjacent to an activating group) is 1. The van der Waals surface area contributed by atoms with Crippen LogP contribution in [-0.2, 0) is 32.7 Å².